The summed E-state index contributed by atoms with van der Waals surface area (Å²) in [5.41, 5.74) is 3.88. The second-order valence-electron chi connectivity index (χ2n) is 9.66. The highest BCUT2D eigenvalue weighted by atomic mass is 35.5. The standard InChI is InChI=1S/C33H30Cl2N2O4/c1-36(22-23-9-3-2-4-10-23)32(40)28-13-7-5-11-26(28)27-12-6-8-14-29(27)33(41)37(20-18-31(38)39)19-17-24-15-16-25(34)21-30(24)35/h2-16,21H,17-20,22H2,1H3,(H,38,39). The fourth-order valence-electron chi connectivity index (χ4n) is 4.64. The molecule has 4 aromatic rings. The van der Waals surface area contributed by atoms with Crippen molar-refractivity contribution in [2.24, 2.45) is 0 Å². The Balaban J connectivity index is 1.64. The van der Waals surface area contributed by atoms with Gasteiger partial charge in [-0.2, -0.15) is 0 Å². The molecule has 0 aliphatic heterocycles. The Hall–Kier alpha value is -4.13. The molecule has 0 bridgehead atoms. The van der Waals surface area contributed by atoms with Gasteiger partial charge in [0.1, 0.15) is 0 Å². The summed E-state index contributed by atoms with van der Waals surface area (Å²) in [6.07, 6.45) is 0.213. The van der Waals surface area contributed by atoms with E-state index in [1.54, 1.807) is 54.4 Å². The molecule has 0 atom stereocenters. The van der Waals surface area contributed by atoms with E-state index in [0.29, 0.717) is 45.3 Å². The van der Waals surface area contributed by atoms with E-state index in [-0.39, 0.29) is 31.3 Å². The lowest BCUT2D eigenvalue weighted by Crippen LogP contribution is -2.35. The first kappa shape index (κ1) is 29.8. The number of benzene rings is 4. The van der Waals surface area contributed by atoms with Crippen LogP contribution in [0.1, 0.15) is 38.3 Å². The third kappa shape index (κ3) is 7.75. The molecule has 210 valence electrons. The first-order valence-electron chi connectivity index (χ1n) is 13.2. The molecule has 0 unspecified atom stereocenters. The van der Waals surface area contributed by atoms with Crippen LogP contribution in [0.15, 0.2) is 97.1 Å². The van der Waals surface area contributed by atoms with Crippen LogP contribution in [-0.2, 0) is 17.8 Å². The SMILES string of the molecule is CN(Cc1ccccc1)C(=O)c1ccccc1-c1ccccc1C(=O)N(CCC(=O)O)CCc1ccc(Cl)cc1Cl. The number of amides is 2. The maximum absolute atomic E-state index is 14.0. The van der Waals surface area contributed by atoms with Gasteiger partial charge >= 0.3 is 5.97 Å². The molecule has 4 rings (SSSR count). The molecule has 6 nitrogen and oxygen atoms in total. The zero-order valence-corrected chi connectivity index (χ0v) is 24.1. The van der Waals surface area contributed by atoms with Crippen LogP contribution in [0.4, 0.5) is 0 Å². The number of hydrogen-bond donors (Lipinski definition) is 1. The molecule has 0 aliphatic carbocycles. The molecule has 1 N–H and O–H groups in total. The topological polar surface area (TPSA) is 77.9 Å². The van der Waals surface area contributed by atoms with Crippen LogP contribution in [0.5, 0.6) is 0 Å². The van der Waals surface area contributed by atoms with E-state index in [1.807, 2.05) is 54.6 Å². The minimum Gasteiger partial charge on any atom is -0.481 e. The van der Waals surface area contributed by atoms with Gasteiger partial charge in [0.2, 0.25) is 0 Å². The van der Waals surface area contributed by atoms with Crippen LogP contribution in [-0.4, -0.2) is 52.8 Å². The van der Waals surface area contributed by atoms with Gasteiger partial charge in [0.15, 0.2) is 0 Å². The van der Waals surface area contributed by atoms with Crippen molar-refractivity contribution < 1.29 is 19.5 Å². The van der Waals surface area contributed by atoms with Gasteiger partial charge < -0.3 is 14.9 Å². The number of hydrogen-bond acceptors (Lipinski definition) is 3. The maximum atomic E-state index is 14.0. The van der Waals surface area contributed by atoms with Gasteiger partial charge in [-0.15, -0.1) is 0 Å². The third-order valence-corrected chi connectivity index (χ3v) is 7.35. The second-order valence-corrected chi connectivity index (χ2v) is 10.5. The van der Waals surface area contributed by atoms with Crippen molar-refractivity contribution in [3.63, 3.8) is 0 Å². The highest BCUT2D eigenvalue weighted by Crippen LogP contribution is 2.30. The number of nitrogens with zero attached hydrogens (tertiary/aromatic N) is 2. The van der Waals surface area contributed by atoms with Gasteiger partial charge in [0.05, 0.1) is 6.42 Å². The molecule has 8 heteroatoms. The molecule has 0 aliphatic rings. The number of carbonyl (C=O) groups is 3. The highest BCUT2D eigenvalue weighted by Gasteiger charge is 2.24. The Morgan fingerprint density at radius 2 is 1.32 bits per heavy atom. The Morgan fingerprint density at radius 3 is 1.93 bits per heavy atom. The van der Waals surface area contributed by atoms with Gasteiger partial charge in [0, 0.05) is 47.9 Å². The Bertz CT molecular complexity index is 1540. The number of carboxylic acids is 1. The van der Waals surface area contributed by atoms with E-state index >= 15 is 0 Å². The number of carbonyl (C=O) groups excluding carboxylic acids is 2. The average molecular weight is 590 g/mol. The molecule has 0 saturated carbocycles. The van der Waals surface area contributed by atoms with Crippen LogP contribution in [0.2, 0.25) is 10.0 Å². The van der Waals surface area contributed by atoms with Crippen molar-refractivity contribution in [2.75, 3.05) is 20.1 Å². The normalized spacial score (nSPS) is 10.7. The summed E-state index contributed by atoms with van der Waals surface area (Å²) in [6.45, 7) is 0.709. The van der Waals surface area contributed by atoms with Gasteiger partial charge in [-0.3, -0.25) is 14.4 Å². The quantitative estimate of drug-likeness (QED) is 0.203. The van der Waals surface area contributed by atoms with Gasteiger partial charge in [-0.25, -0.2) is 0 Å². The molecular formula is C33H30Cl2N2O4. The number of halogens is 2. The zero-order valence-electron chi connectivity index (χ0n) is 22.6. The largest absolute Gasteiger partial charge is 0.481 e. The molecule has 0 radical (unpaired) electrons. The molecule has 0 spiro atoms. The fraction of sp³-hybridized carbons (Fsp3) is 0.182. The van der Waals surface area contributed by atoms with Crippen LogP contribution < -0.4 is 0 Å². The molecular weight excluding hydrogens is 559 g/mol. The first-order valence-corrected chi connectivity index (χ1v) is 13.9. The van der Waals surface area contributed by atoms with Gasteiger partial charge in [-0.1, -0.05) is 96.0 Å². The lowest BCUT2D eigenvalue weighted by molar-refractivity contribution is -0.137. The smallest absolute Gasteiger partial charge is 0.305 e. The average Bonchev–Trinajstić information content (AvgIpc) is 2.97. The number of carboxylic acid groups (broad SMARTS) is 1. The monoisotopic (exact) mass is 588 g/mol. The third-order valence-electron chi connectivity index (χ3n) is 6.76. The van der Waals surface area contributed by atoms with Crippen molar-refractivity contribution in [3.05, 3.63) is 129 Å². The van der Waals surface area contributed by atoms with Crippen molar-refractivity contribution >= 4 is 41.0 Å². The Morgan fingerprint density at radius 1 is 0.732 bits per heavy atom. The predicted molar refractivity (Wildman–Crippen MR) is 162 cm³/mol. The highest BCUT2D eigenvalue weighted by molar-refractivity contribution is 6.35. The Labute approximate surface area is 249 Å². The van der Waals surface area contributed by atoms with Crippen molar-refractivity contribution in [1.29, 1.82) is 0 Å². The second kappa shape index (κ2) is 14.0. The summed E-state index contributed by atoms with van der Waals surface area (Å²) in [6, 6.07) is 29.2. The number of rotatable bonds is 11. The van der Waals surface area contributed by atoms with E-state index in [4.69, 9.17) is 23.2 Å². The predicted octanol–water partition coefficient (Wildman–Crippen LogP) is 7.09. The van der Waals surface area contributed by atoms with Crippen molar-refractivity contribution in [1.82, 2.24) is 9.80 Å². The summed E-state index contributed by atoms with van der Waals surface area (Å²) in [7, 11) is 1.75. The summed E-state index contributed by atoms with van der Waals surface area (Å²) in [4.78, 5) is 42.1. The molecule has 0 aromatic heterocycles. The first-order chi connectivity index (χ1) is 19.7. The van der Waals surface area contributed by atoms with E-state index in [1.165, 1.54) is 4.90 Å². The minimum absolute atomic E-state index is 0.0219. The fourth-order valence-corrected chi connectivity index (χ4v) is 5.14. The lowest BCUT2D eigenvalue weighted by atomic mass is 9.94. The van der Waals surface area contributed by atoms with Crippen LogP contribution >= 0.6 is 23.2 Å². The molecule has 2 amide bonds. The van der Waals surface area contributed by atoms with E-state index in [0.717, 1.165) is 11.1 Å². The van der Waals surface area contributed by atoms with Crippen LogP contribution in [0.25, 0.3) is 11.1 Å². The maximum Gasteiger partial charge on any atom is 0.305 e. The molecule has 0 heterocycles. The van der Waals surface area contributed by atoms with Crippen LogP contribution in [0, 0.1) is 0 Å². The van der Waals surface area contributed by atoms with E-state index in [2.05, 4.69) is 0 Å². The Kier molecular flexibility index (Phi) is 10.2. The van der Waals surface area contributed by atoms with Gasteiger partial charge in [-0.05, 0) is 52.9 Å². The van der Waals surface area contributed by atoms with Crippen molar-refractivity contribution in [2.45, 2.75) is 19.4 Å². The summed E-state index contributed by atoms with van der Waals surface area (Å²) >= 11 is 12.4. The van der Waals surface area contributed by atoms with Crippen LogP contribution in [0.3, 0.4) is 0 Å². The van der Waals surface area contributed by atoms with Crippen molar-refractivity contribution in [3.8, 4) is 11.1 Å². The lowest BCUT2D eigenvalue weighted by Gasteiger charge is -2.25. The molecule has 0 saturated heterocycles. The van der Waals surface area contributed by atoms with E-state index in [9.17, 15) is 19.5 Å². The number of aliphatic carboxylic acids is 1. The summed E-state index contributed by atoms with van der Waals surface area (Å²) < 4.78 is 0. The molecule has 0 fully saturated rings. The zero-order chi connectivity index (χ0) is 29.4. The summed E-state index contributed by atoms with van der Waals surface area (Å²) in [5, 5.41) is 10.3. The summed E-state index contributed by atoms with van der Waals surface area (Å²) in [5.74, 6) is -1.50. The van der Waals surface area contributed by atoms with E-state index < -0.39 is 5.97 Å². The van der Waals surface area contributed by atoms with Gasteiger partial charge in [0.25, 0.3) is 11.8 Å². The molecule has 4 aromatic carbocycles. The minimum atomic E-state index is -1.00. The molecule has 41 heavy (non-hydrogen) atoms.